The molecule has 14 heavy (non-hydrogen) atoms. The molecule has 0 saturated heterocycles. The molecule has 1 saturated carbocycles. The summed E-state index contributed by atoms with van der Waals surface area (Å²) in [6.07, 6.45) is 3.92. The predicted molar refractivity (Wildman–Crippen MR) is 56.4 cm³/mol. The van der Waals surface area contributed by atoms with Gasteiger partial charge in [-0.25, -0.2) is 0 Å². The highest BCUT2D eigenvalue weighted by Gasteiger charge is 2.38. The third kappa shape index (κ3) is 1.85. The Hall–Kier alpha value is -1.15. The Morgan fingerprint density at radius 1 is 1.50 bits per heavy atom. The van der Waals surface area contributed by atoms with E-state index in [4.69, 9.17) is 5.73 Å². The fourth-order valence-electron chi connectivity index (χ4n) is 1.70. The zero-order chi connectivity index (χ0) is 10.2. The van der Waals surface area contributed by atoms with Gasteiger partial charge in [0, 0.05) is 11.1 Å². The van der Waals surface area contributed by atoms with Gasteiger partial charge >= 0.3 is 0 Å². The molecule has 0 spiro atoms. The molecule has 0 bridgehead atoms. The lowest BCUT2D eigenvalue weighted by Crippen LogP contribution is -2.25. The quantitative estimate of drug-likeness (QED) is 0.737. The average Bonchev–Trinajstić information content (AvgIpc) is 2.87. The molecule has 74 valence electrons. The van der Waals surface area contributed by atoms with Gasteiger partial charge in [0.2, 0.25) is 0 Å². The van der Waals surface area contributed by atoms with Gasteiger partial charge < -0.3 is 5.73 Å². The van der Waals surface area contributed by atoms with Gasteiger partial charge in [0.25, 0.3) is 0 Å². The Labute approximate surface area is 84.1 Å². The maximum atomic E-state index is 10.8. The number of benzene rings is 1. The van der Waals surface area contributed by atoms with E-state index in [9.17, 15) is 4.79 Å². The van der Waals surface area contributed by atoms with Crippen molar-refractivity contribution in [2.75, 3.05) is 0 Å². The molecule has 0 aliphatic heterocycles. The van der Waals surface area contributed by atoms with Crippen molar-refractivity contribution in [3.8, 4) is 0 Å². The minimum absolute atomic E-state index is 0.0208. The highest BCUT2D eigenvalue weighted by Crippen LogP contribution is 2.36. The molecule has 0 atom stereocenters. The van der Waals surface area contributed by atoms with Gasteiger partial charge in [0.1, 0.15) is 6.29 Å². The number of hydrogen-bond donors (Lipinski definition) is 1. The summed E-state index contributed by atoms with van der Waals surface area (Å²) < 4.78 is 0. The van der Waals surface area contributed by atoms with Crippen molar-refractivity contribution < 1.29 is 4.79 Å². The van der Waals surface area contributed by atoms with Crippen LogP contribution in [-0.2, 0) is 6.42 Å². The van der Waals surface area contributed by atoms with Crippen LogP contribution in [0.5, 0.6) is 0 Å². The average molecular weight is 189 g/mol. The summed E-state index contributed by atoms with van der Waals surface area (Å²) in [7, 11) is 0. The summed E-state index contributed by atoms with van der Waals surface area (Å²) in [5.41, 5.74) is 9.01. The Balaban J connectivity index is 2.27. The number of aryl methyl sites for hydroxylation is 1. The van der Waals surface area contributed by atoms with Crippen LogP contribution < -0.4 is 5.73 Å². The van der Waals surface area contributed by atoms with Crippen molar-refractivity contribution in [1.82, 2.24) is 0 Å². The minimum atomic E-state index is -0.0208. The molecular formula is C12H15NO. The van der Waals surface area contributed by atoms with Crippen LogP contribution in [0.15, 0.2) is 18.2 Å². The fourth-order valence-corrected chi connectivity index (χ4v) is 1.70. The second kappa shape index (κ2) is 3.21. The maximum absolute atomic E-state index is 10.8. The lowest BCUT2D eigenvalue weighted by molar-refractivity contribution is 0.112. The molecule has 2 nitrogen and oxygen atoms in total. The molecule has 0 radical (unpaired) electrons. The number of nitrogens with two attached hydrogens (primary N) is 1. The summed E-state index contributed by atoms with van der Waals surface area (Å²) >= 11 is 0. The zero-order valence-electron chi connectivity index (χ0n) is 8.42. The molecule has 1 aromatic carbocycles. The summed E-state index contributed by atoms with van der Waals surface area (Å²) in [5.74, 6) is 0. The van der Waals surface area contributed by atoms with Crippen molar-refractivity contribution in [3.05, 3.63) is 34.9 Å². The second-order valence-electron chi connectivity index (χ2n) is 4.36. The maximum Gasteiger partial charge on any atom is 0.150 e. The van der Waals surface area contributed by atoms with Gasteiger partial charge in [0.15, 0.2) is 0 Å². The summed E-state index contributed by atoms with van der Waals surface area (Å²) in [4.78, 5) is 10.8. The Morgan fingerprint density at radius 2 is 2.21 bits per heavy atom. The van der Waals surface area contributed by atoms with E-state index in [-0.39, 0.29) is 5.54 Å². The third-order valence-corrected chi connectivity index (χ3v) is 2.86. The normalized spacial score (nSPS) is 17.9. The molecule has 0 aromatic heterocycles. The Bertz CT molecular complexity index is 367. The largest absolute Gasteiger partial charge is 0.325 e. The van der Waals surface area contributed by atoms with Crippen LogP contribution in [0.4, 0.5) is 0 Å². The molecule has 0 amide bonds. The van der Waals surface area contributed by atoms with Crippen LogP contribution in [0.2, 0.25) is 0 Å². The molecule has 2 N–H and O–H groups in total. The molecule has 0 unspecified atom stereocenters. The van der Waals surface area contributed by atoms with E-state index >= 15 is 0 Å². The Kier molecular flexibility index (Phi) is 2.16. The van der Waals surface area contributed by atoms with Crippen LogP contribution in [0.25, 0.3) is 0 Å². The number of hydrogen-bond acceptors (Lipinski definition) is 2. The lowest BCUT2D eigenvalue weighted by Gasteiger charge is -2.10. The highest BCUT2D eigenvalue weighted by molar-refractivity contribution is 5.77. The van der Waals surface area contributed by atoms with E-state index in [1.54, 1.807) is 0 Å². The molecule has 1 aromatic rings. The van der Waals surface area contributed by atoms with Crippen molar-refractivity contribution >= 4 is 6.29 Å². The van der Waals surface area contributed by atoms with Gasteiger partial charge in [-0.3, -0.25) is 4.79 Å². The summed E-state index contributed by atoms with van der Waals surface area (Å²) in [5, 5.41) is 0. The molecule has 2 rings (SSSR count). The SMILES string of the molecule is Cc1ccc(CC2(N)CC2)c(C=O)c1. The van der Waals surface area contributed by atoms with Crippen LogP contribution in [0.3, 0.4) is 0 Å². The van der Waals surface area contributed by atoms with E-state index in [2.05, 4.69) is 0 Å². The lowest BCUT2D eigenvalue weighted by atomic mass is 9.98. The Morgan fingerprint density at radius 3 is 2.79 bits per heavy atom. The monoisotopic (exact) mass is 189 g/mol. The van der Waals surface area contributed by atoms with Crippen molar-refractivity contribution in [1.29, 1.82) is 0 Å². The van der Waals surface area contributed by atoms with Crippen LogP contribution in [0, 0.1) is 6.92 Å². The topological polar surface area (TPSA) is 43.1 Å². The predicted octanol–water partition coefficient (Wildman–Crippen LogP) is 1.84. The molecular weight excluding hydrogens is 174 g/mol. The fraction of sp³-hybridized carbons (Fsp3) is 0.417. The van der Waals surface area contributed by atoms with E-state index < -0.39 is 0 Å². The van der Waals surface area contributed by atoms with E-state index in [0.29, 0.717) is 0 Å². The van der Waals surface area contributed by atoms with Crippen LogP contribution in [-0.4, -0.2) is 11.8 Å². The first kappa shape index (κ1) is 9.41. The molecule has 2 heteroatoms. The summed E-state index contributed by atoms with van der Waals surface area (Å²) in [6, 6.07) is 5.98. The van der Waals surface area contributed by atoms with Crippen LogP contribution in [0.1, 0.15) is 34.3 Å². The minimum Gasteiger partial charge on any atom is -0.325 e. The van der Waals surface area contributed by atoms with Gasteiger partial charge in [-0.15, -0.1) is 0 Å². The number of carbonyl (C=O) groups is 1. The number of carbonyl (C=O) groups excluding carboxylic acids is 1. The third-order valence-electron chi connectivity index (χ3n) is 2.86. The molecule has 0 heterocycles. The second-order valence-corrected chi connectivity index (χ2v) is 4.36. The number of rotatable bonds is 3. The molecule has 1 fully saturated rings. The smallest absolute Gasteiger partial charge is 0.150 e. The first-order chi connectivity index (χ1) is 6.63. The van der Waals surface area contributed by atoms with Gasteiger partial charge in [-0.2, -0.15) is 0 Å². The zero-order valence-corrected chi connectivity index (χ0v) is 8.42. The standard InChI is InChI=1S/C12H15NO/c1-9-2-3-10(11(6-9)8-14)7-12(13)4-5-12/h2-3,6,8H,4-5,7,13H2,1H3. The van der Waals surface area contributed by atoms with Crippen molar-refractivity contribution in [2.45, 2.75) is 31.7 Å². The molecule has 1 aliphatic carbocycles. The van der Waals surface area contributed by atoms with Crippen molar-refractivity contribution in [3.63, 3.8) is 0 Å². The van der Waals surface area contributed by atoms with Gasteiger partial charge in [-0.05, 0) is 37.8 Å². The van der Waals surface area contributed by atoms with Gasteiger partial charge in [0.05, 0.1) is 0 Å². The first-order valence-electron chi connectivity index (χ1n) is 4.97. The molecule has 1 aliphatic rings. The highest BCUT2D eigenvalue weighted by atomic mass is 16.1. The number of aldehydes is 1. The van der Waals surface area contributed by atoms with Gasteiger partial charge in [-0.1, -0.05) is 17.7 Å². The van der Waals surface area contributed by atoms with E-state index in [1.807, 2.05) is 25.1 Å². The first-order valence-corrected chi connectivity index (χ1v) is 4.97. The van der Waals surface area contributed by atoms with Crippen LogP contribution >= 0.6 is 0 Å². The summed E-state index contributed by atoms with van der Waals surface area (Å²) in [6.45, 7) is 1.99. The van der Waals surface area contributed by atoms with E-state index in [1.165, 1.54) is 0 Å². The van der Waals surface area contributed by atoms with E-state index in [0.717, 1.165) is 42.2 Å². The van der Waals surface area contributed by atoms with Crippen molar-refractivity contribution in [2.24, 2.45) is 5.73 Å².